The number of hydrogen-bond acceptors (Lipinski definition) is 3. The van der Waals surface area contributed by atoms with E-state index in [2.05, 4.69) is 5.10 Å². The van der Waals surface area contributed by atoms with Crippen LogP contribution in [0.3, 0.4) is 0 Å². The number of carbonyl (C=O) groups is 1. The monoisotopic (exact) mass is 285 g/mol. The van der Waals surface area contributed by atoms with Crippen LogP contribution in [0.4, 0.5) is 0 Å². The average Bonchev–Trinajstić information content (AvgIpc) is 3.02. The molecule has 1 aromatic heterocycles. The first-order valence-corrected chi connectivity index (χ1v) is 7.20. The Morgan fingerprint density at radius 3 is 2.81 bits per heavy atom. The molecule has 0 aliphatic carbocycles. The van der Waals surface area contributed by atoms with Crippen LogP contribution in [0.2, 0.25) is 0 Å². The minimum Gasteiger partial charge on any atom is -0.375 e. The molecule has 2 atom stereocenters. The molecule has 0 bridgehead atoms. The summed E-state index contributed by atoms with van der Waals surface area (Å²) >= 11 is 0. The molecule has 2 aromatic rings. The summed E-state index contributed by atoms with van der Waals surface area (Å²) in [6.07, 6.45) is 3.61. The lowest BCUT2D eigenvalue weighted by molar-refractivity contribution is -0.140. The van der Waals surface area contributed by atoms with Crippen LogP contribution in [0.25, 0.3) is 0 Å². The van der Waals surface area contributed by atoms with E-state index in [-0.39, 0.29) is 12.0 Å². The van der Waals surface area contributed by atoms with Crippen LogP contribution in [-0.4, -0.2) is 46.4 Å². The fourth-order valence-electron chi connectivity index (χ4n) is 2.67. The minimum absolute atomic E-state index is 0.0695. The van der Waals surface area contributed by atoms with Gasteiger partial charge in [-0.25, -0.2) is 0 Å². The summed E-state index contributed by atoms with van der Waals surface area (Å²) in [4.78, 5) is 14.8. The van der Waals surface area contributed by atoms with E-state index in [4.69, 9.17) is 4.74 Å². The van der Waals surface area contributed by atoms with Crippen LogP contribution in [0.1, 0.15) is 18.5 Å². The summed E-state index contributed by atoms with van der Waals surface area (Å²) in [6.45, 7) is 3.84. The zero-order valence-electron chi connectivity index (χ0n) is 12.1. The van der Waals surface area contributed by atoms with Gasteiger partial charge in [-0.2, -0.15) is 5.10 Å². The van der Waals surface area contributed by atoms with Gasteiger partial charge in [0.2, 0.25) is 0 Å². The molecule has 0 N–H and O–H groups in total. The Kier molecular flexibility index (Phi) is 4.01. The fourth-order valence-corrected chi connectivity index (χ4v) is 2.67. The van der Waals surface area contributed by atoms with Crippen molar-refractivity contribution in [2.45, 2.75) is 19.1 Å². The topological polar surface area (TPSA) is 47.4 Å². The van der Waals surface area contributed by atoms with Gasteiger partial charge in [-0.1, -0.05) is 30.3 Å². The molecule has 0 saturated carbocycles. The molecule has 1 aromatic carbocycles. The largest absolute Gasteiger partial charge is 0.375 e. The van der Waals surface area contributed by atoms with Crippen molar-refractivity contribution in [1.82, 2.24) is 14.7 Å². The Balaban J connectivity index is 1.90. The molecule has 1 saturated heterocycles. The molecule has 21 heavy (non-hydrogen) atoms. The van der Waals surface area contributed by atoms with E-state index >= 15 is 0 Å². The second-order valence-electron chi connectivity index (χ2n) is 5.26. The number of nitrogens with zero attached hydrogens (tertiary/aromatic N) is 3. The highest BCUT2D eigenvalue weighted by Gasteiger charge is 2.30. The van der Waals surface area contributed by atoms with Crippen molar-refractivity contribution in [2.75, 3.05) is 19.7 Å². The van der Waals surface area contributed by atoms with E-state index in [1.165, 1.54) is 0 Å². The molecule has 1 aliphatic rings. The van der Waals surface area contributed by atoms with Gasteiger partial charge in [0.1, 0.15) is 0 Å². The molecule has 1 fully saturated rings. The highest BCUT2D eigenvalue weighted by molar-refractivity contribution is 5.83. The average molecular weight is 285 g/mol. The van der Waals surface area contributed by atoms with Crippen molar-refractivity contribution in [3.05, 3.63) is 54.4 Å². The molecule has 2 heterocycles. The maximum Gasteiger partial charge on any atom is 0.252 e. The fraction of sp³-hybridized carbons (Fsp3) is 0.375. The van der Waals surface area contributed by atoms with Gasteiger partial charge < -0.3 is 9.64 Å². The molecular formula is C16H19N3O2. The lowest BCUT2D eigenvalue weighted by atomic mass is 10.1. The quantitative estimate of drug-likeness (QED) is 0.862. The summed E-state index contributed by atoms with van der Waals surface area (Å²) in [5, 5.41) is 4.27. The molecular weight excluding hydrogens is 266 g/mol. The summed E-state index contributed by atoms with van der Waals surface area (Å²) in [5.74, 6) is 0.0695. The lowest BCUT2D eigenvalue weighted by Gasteiger charge is -2.33. The third kappa shape index (κ3) is 2.97. The summed E-state index contributed by atoms with van der Waals surface area (Å²) in [5.41, 5.74) is 0.949. The van der Waals surface area contributed by atoms with E-state index in [0.717, 1.165) is 5.56 Å². The van der Waals surface area contributed by atoms with Crippen LogP contribution in [0.5, 0.6) is 0 Å². The Hall–Kier alpha value is -2.14. The van der Waals surface area contributed by atoms with Gasteiger partial charge in [0.05, 0.1) is 12.7 Å². The second-order valence-corrected chi connectivity index (χ2v) is 5.26. The molecule has 1 aliphatic heterocycles. The van der Waals surface area contributed by atoms with Crippen molar-refractivity contribution in [1.29, 1.82) is 0 Å². The standard InChI is InChI=1S/C16H19N3O2/c1-13-12-18(10-11-21-13)16(20)15(19-9-5-8-17-19)14-6-3-2-4-7-14/h2-9,13,15H,10-12H2,1H3/t13-,15+/m1/s1. The SMILES string of the molecule is C[C@@H]1CN(C(=O)[C@H](c2ccccc2)n2cccn2)CCO1. The molecule has 0 radical (unpaired) electrons. The van der Waals surface area contributed by atoms with E-state index < -0.39 is 6.04 Å². The van der Waals surface area contributed by atoms with Crippen molar-refractivity contribution in [3.8, 4) is 0 Å². The van der Waals surface area contributed by atoms with E-state index in [1.807, 2.05) is 54.4 Å². The number of morpholine rings is 1. The molecule has 0 unspecified atom stereocenters. The molecule has 1 amide bonds. The number of carbonyl (C=O) groups excluding carboxylic acids is 1. The molecule has 5 heteroatoms. The number of amides is 1. The Labute approximate surface area is 124 Å². The zero-order chi connectivity index (χ0) is 14.7. The van der Waals surface area contributed by atoms with Gasteiger partial charge in [0, 0.05) is 25.5 Å². The van der Waals surface area contributed by atoms with Gasteiger partial charge in [0.15, 0.2) is 6.04 Å². The number of benzene rings is 1. The van der Waals surface area contributed by atoms with Crippen LogP contribution >= 0.6 is 0 Å². The van der Waals surface area contributed by atoms with Crippen molar-refractivity contribution in [3.63, 3.8) is 0 Å². The third-order valence-corrected chi connectivity index (χ3v) is 3.69. The maximum absolute atomic E-state index is 13.0. The number of ether oxygens (including phenoxy) is 1. The van der Waals surface area contributed by atoms with Crippen LogP contribution in [0, 0.1) is 0 Å². The first-order valence-electron chi connectivity index (χ1n) is 7.20. The maximum atomic E-state index is 13.0. The molecule has 3 rings (SSSR count). The summed E-state index contributed by atoms with van der Waals surface area (Å²) in [6, 6.07) is 11.2. The summed E-state index contributed by atoms with van der Waals surface area (Å²) in [7, 11) is 0. The molecule has 5 nitrogen and oxygen atoms in total. The second kappa shape index (κ2) is 6.10. The van der Waals surface area contributed by atoms with Crippen LogP contribution < -0.4 is 0 Å². The third-order valence-electron chi connectivity index (χ3n) is 3.69. The lowest BCUT2D eigenvalue weighted by Crippen LogP contribution is -2.47. The van der Waals surface area contributed by atoms with Gasteiger partial charge >= 0.3 is 0 Å². The van der Waals surface area contributed by atoms with E-state index in [1.54, 1.807) is 10.9 Å². The number of aromatic nitrogens is 2. The Morgan fingerprint density at radius 1 is 1.33 bits per heavy atom. The predicted molar refractivity (Wildman–Crippen MR) is 78.8 cm³/mol. The van der Waals surface area contributed by atoms with Crippen molar-refractivity contribution < 1.29 is 9.53 Å². The summed E-state index contributed by atoms with van der Waals surface area (Å²) < 4.78 is 7.24. The van der Waals surface area contributed by atoms with E-state index in [0.29, 0.717) is 19.7 Å². The van der Waals surface area contributed by atoms with Gasteiger partial charge in [-0.05, 0) is 18.6 Å². The number of hydrogen-bond donors (Lipinski definition) is 0. The highest BCUT2D eigenvalue weighted by atomic mass is 16.5. The smallest absolute Gasteiger partial charge is 0.252 e. The van der Waals surface area contributed by atoms with Gasteiger partial charge in [-0.3, -0.25) is 9.48 Å². The predicted octanol–water partition coefficient (Wildman–Crippen LogP) is 1.72. The zero-order valence-corrected chi connectivity index (χ0v) is 12.1. The highest BCUT2D eigenvalue weighted by Crippen LogP contribution is 2.21. The van der Waals surface area contributed by atoms with Gasteiger partial charge in [-0.15, -0.1) is 0 Å². The minimum atomic E-state index is -0.411. The van der Waals surface area contributed by atoms with Crippen molar-refractivity contribution >= 4 is 5.91 Å². The first kappa shape index (κ1) is 13.8. The molecule has 110 valence electrons. The Bertz CT molecular complexity index is 583. The Morgan fingerprint density at radius 2 is 2.14 bits per heavy atom. The van der Waals surface area contributed by atoms with Crippen LogP contribution in [-0.2, 0) is 9.53 Å². The van der Waals surface area contributed by atoms with E-state index in [9.17, 15) is 4.79 Å². The normalized spacial score (nSPS) is 20.2. The number of rotatable bonds is 3. The van der Waals surface area contributed by atoms with Gasteiger partial charge in [0.25, 0.3) is 5.91 Å². The molecule has 0 spiro atoms. The van der Waals surface area contributed by atoms with Crippen molar-refractivity contribution in [2.24, 2.45) is 0 Å². The first-order chi connectivity index (χ1) is 10.3. The van der Waals surface area contributed by atoms with Crippen LogP contribution in [0.15, 0.2) is 48.8 Å².